The van der Waals surface area contributed by atoms with E-state index in [0.717, 1.165) is 5.56 Å². The molecule has 0 aliphatic rings. The first-order valence-electron chi connectivity index (χ1n) is 7.91. The molecule has 0 spiro atoms. The van der Waals surface area contributed by atoms with Gasteiger partial charge in [0.2, 0.25) is 0 Å². The Kier molecular flexibility index (Phi) is 6.51. The fraction of sp³-hybridized carbons (Fsp3) is 0.263. The van der Waals surface area contributed by atoms with E-state index < -0.39 is 11.8 Å². The third kappa shape index (κ3) is 5.21. The molecule has 2 rings (SSSR count). The first-order valence-corrected chi connectivity index (χ1v) is 7.91. The average molecular weight is 325 g/mol. The first kappa shape index (κ1) is 17.7. The van der Waals surface area contributed by atoms with E-state index in [1.54, 1.807) is 0 Å². The smallest absolute Gasteiger partial charge is 0.316 e. The van der Waals surface area contributed by atoms with Gasteiger partial charge in [-0.1, -0.05) is 48.5 Å². The van der Waals surface area contributed by atoms with Gasteiger partial charge in [-0.25, -0.2) is 0 Å². The van der Waals surface area contributed by atoms with Crippen LogP contribution in [0.5, 0.6) is 0 Å². The third-order valence-corrected chi connectivity index (χ3v) is 3.54. The molecule has 2 aromatic rings. The van der Waals surface area contributed by atoms with Crippen molar-refractivity contribution in [2.24, 2.45) is 0 Å². The molecule has 2 aromatic carbocycles. The molecule has 0 unspecified atom stereocenters. The van der Waals surface area contributed by atoms with E-state index in [0.29, 0.717) is 25.3 Å². The summed E-state index contributed by atoms with van der Waals surface area (Å²) in [5.74, 6) is -1.14. The predicted molar refractivity (Wildman–Crippen MR) is 95.6 cm³/mol. The lowest BCUT2D eigenvalue weighted by Gasteiger charge is -2.22. The number of para-hydroxylation sites is 1. The molecule has 5 nitrogen and oxygen atoms in total. The second kappa shape index (κ2) is 8.84. The minimum absolute atomic E-state index is 0.352. The highest BCUT2D eigenvalue weighted by atomic mass is 16.2. The SMILES string of the molecule is CN(C)CCNC(=O)C(=O)N(Cc1ccccc1)c1ccccc1. The summed E-state index contributed by atoms with van der Waals surface area (Å²) in [5, 5.41) is 2.68. The number of carbonyl (C=O) groups is 2. The molecular weight excluding hydrogens is 302 g/mol. The standard InChI is InChI=1S/C19H23N3O2/c1-21(2)14-13-20-18(23)19(24)22(17-11-7-4-8-12-17)15-16-9-5-3-6-10-16/h3-12H,13-15H2,1-2H3,(H,20,23). The van der Waals surface area contributed by atoms with Crippen molar-refractivity contribution in [1.82, 2.24) is 10.2 Å². The molecular formula is C19H23N3O2. The summed E-state index contributed by atoms with van der Waals surface area (Å²) in [6.45, 7) is 1.47. The zero-order valence-electron chi connectivity index (χ0n) is 14.1. The van der Waals surface area contributed by atoms with Crippen molar-refractivity contribution < 1.29 is 9.59 Å². The fourth-order valence-corrected chi connectivity index (χ4v) is 2.25. The number of amides is 2. The van der Waals surface area contributed by atoms with Crippen LogP contribution in [0.2, 0.25) is 0 Å². The van der Waals surface area contributed by atoms with Gasteiger partial charge in [-0.2, -0.15) is 0 Å². The van der Waals surface area contributed by atoms with Crippen molar-refractivity contribution in [1.29, 1.82) is 0 Å². The number of rotatable bonds is 6. The van der Waals surface area contributed by atoms with Crippen LogP contribution < -0.4 is 10.2 Å². The van der Waals surface area contributed by atoms with E-state index in [4.69, 9.17) is 0 Å². The van der Waals surface area contributed by atoms with Crippen LogP contribution in [0.4, 0.5) is 5.69 Å². The van der Waals surface area contributed by atoms with Crippen LogP contribution in [0, 0.1) is 0 Å². The summed E-state index contributed by atoms with van der Waals surface area (Å²) in [7, 11) is 3.83. The van der Waals surface area contributed by atoms with Crippen molar-refractivity contribution in [2.75, 3.05) is 32.1 Å². The maximum atomic E-state index is 12.6. The summed E-state index contributed by atoms with van der Waals surface area (Å²) >= 11 is 0. The second-order valence-electron chi connectivity index (χ2n) is 5.77. The van der Waals surface area contributed by atoms with Gasteiger partial charge in [0.15, 0.2) is 0 Å². The monoisotopic (exact) mass is 325 g/mol. The summed E-state index contributed by atoms with van der Waals surface area (Å²) in [4.78, 5) is 28.3. The lowest BCUT2D eigenvalue weighted by molar-refractivity contribution is -0.137. The number of carbonyl (C=O) groups excluding carboxylic acids is 2. The lowest BCUT2D eigenvalue weighted by Crippen LogP contribution is -2.44. The van der Waals surface area contributed by atoms with Crippen molar-refractivity contribution >= 4 is 17.5 Å². The molecule has 1 N–H and O–H groups in total. The minimum atomic E-state index is -0.586. The fourth-order valence-electron chi connectivity index (χ4n) is 2.25. The van der Waals surface area contributed by atoms with Crippen LogP contribution in [-0.2, 0) is 16.1 Å². The maximum Gasteiger partial charge on any atom is 0.316 e. The molecule has 0 fully saturated rings. The van der Waals surface area contributed by atoms with E-state index >= 15 is 0 Å². The van der Waals surface area contributed by atoms with Gasteiger partial charge in [0.1, 0.15) is 0 Å². The molecule has 0 bridgehead atoms. The Morgan fingerprint density at radius 2 is 1.50 bits per heavy atom. The molecule has 0 saturated heterocycles. The zero-order chi connectivity index (χ0) is 17.4. The Bertz CT molecular complexity index is 657. The summed E-state index contributed by atoms with van der Waals surface area (Å²) in [6, 6.07) is 18.9. The molecule has 24 heavy (non-hydrogen) atoms. The molecule has 126 valence electrons. The topological polar surface area (TPSA) is 52.7 Å². The number of likely N-dealkylation sites (N-methyl/N-ethyl adjacent to an activating group) is 1. The van der Waals surface area contributed by atoms with E-state index in [2.05, 4.69) is 5.32 Å². The van der Waals surface area contributed by atoms with Crippen LogP contribution in [0.15, 0.2) is 60.7 Å². The third-order valence-electron chi connectivity index (χ3n) is 3.54. The number of benzene rings is 2. The highest BCUT2D eigenvalue weighted by Crippen LogP contribution is 2.17. The van der Waals surface area contributed by atoms with Crippen molar-refractivity contribution in [3.63, 3.8) is 0 Å². The maximum absolute atomic E-state index is 12.6. The van der Waals surface area contributed by atoms with Crippen LogP contribution in [0.1, 0.15) is 5.56 Å². The molecule has 0 aliphatic carbocycles. The Labute approximate surface area is 142 Å². The molecule has 5 heteroatoms. The Balaban J connectivity index is 2.13. The van der Waals surface area contributed by atoms with E-state index in [1.807, 2.05) is 79.7 Å². The van der Waals surface area contributed by atoms with E-state index in [9.17, 15) is 9.59 Å². The van der Waals surface area contributed by atoms with Crippen LogP contribution in [0.3, 0.4) is 0 Å². The molecule has 0 radical (unpaired) electrons. The van der Waals surface area contributed by atoms with Gasteiger partial charge < -0.3 is 10.2 Å². The van der Waals surface area contributed by atoms with Crippen LogP contribution >= 0.6 is 0 Å². The number of hydrogen-bond acceptors (Lipinski definition) is 3. The quantitative estimate of drug-likeness (QED) is 0.825. The summed E-state index contributed by atoms with van der Waals surface area (Å²) in [5.41, 5.74) is 1.67. The zero-order valence-corrected chi connectivity index (χ0v) is 14.1. The molecule has 0 atom stereocenters. The van der Waals surface area contributed by atoms with Gasteiger partial charge >= 0.3 is 11.8 Å². The number of hydrogen-bond donors (Lipinski definition) is 1. The summed E-state index contributed by atoms with van der Waals surface area (Å²) in [6.07, 6.45) is 0. The van der Waals surface area contributed by atoms with Crippen molar-refractivity contribution in [2.45, 2.75) is 6.54 Å². The first-order chi connectivity index (χ1) is 11.6. The molecule has 2 amide bonds. The number of anilines is 1. The highest BCUT2D eigenvalue weighted by Gasteiger charge is 2.23. The summed E-state index contributed by atoms with van der Waals surface area (Å²) < 4.78 is 0. The van der Waals surface area contributed by atoms with Gasteiger partial charge in [0.05, 0.1) is 6.54 Å². The number of nitrogens with zero attached hydrogens (tertiary/aromatic N) is 2. The van der Waals surface area contributed by atoms with Gasteiger partial charge in [-0.15, -0.1) is 0 Å². The Morgan fingerprint density at radius 1 is 0.917 bits per heavy atom. The van der Waals surface area contributed by atoms with E-state index in [1.165, 1.54) is 4.90 Å². The van der Waals surface area contributed by atoms with Crippen molar-refractivity contribution in [3.8, 4) is 0 Å². The highest BCUT2D eigenvalue weighted by molar-refractivity contribution is 6.40. The Hall–Kier alpha value is -2.66. The minimum Gasteiger partial charge on any atom is -0.347 e. The molecule has 0 aliphatic heterocycles. The normalized spacial score (nSPS) is 10.5. The van der Waals surface area contributed by atoms with Gasteiger partial charge in [-0.3, -0.25) is 14.5 Å². The largest absolute Gasteiger partial charge is 0.347 e. The van der Waals surface area contributed by atoms with Crippen LogP contribution in [0.25, 0.3) is 0 Å². The van der Waals surface area contributed by atoms with Gasteiger partial charge in [0, 0.05) is 18.8 Å². The van der Waals surface area contributed by atoms with Gasteiger partial charge in [0.25, 0.3) is 0 Å². The average Bonchev–Trinajstić information content (AvgIpc) is 2.60. The second-order valence-corrected chi connectivity index (χ2v) is 5.77. The van der Waals surface area contributed by atoms with Gasteiger partial charge in [-0.05, 0) is 31.8 Å². The predicted octanol–water partition coefficient (Wildman–Crippen LogP) is 1.90. The number of nitrogens with one attached hydrogen (secondary N) is 1. The van der Waals surface area contributed by atoms with Crippen LogP contribution in [-0.4, -0.2) is 43.9 Å². The molecule has 0 saturated carbocycles. The molecule has 0 aromatic heterocycles. The Morgan fingerprint density at radius 3 is 2.08 bits per heavy atom. The lowest BCUT2D eigenvalue weighted by atomic mass is 10.2. The van der Waals surface area contributed by atoms with Crippen molar-refractivity contribution in [3.05, 3.63) is 66.2 Å². The molecule has 0 heterocycles. The van der Waals surface area contributed by atoms with E-state index in [-0.39, 0.29) is 0 Å².